The molecule has 1 aliphatic rings. The first-order valence-electron chi connectivity index (χ1n) is 5.62. The van der Waals surface area contributed by atoms with Crippen LogP contribution in [0, 0.1) is 5.92 Å². The molecule has 0 saturated carbocycles. The third-order valence-electron chi connectivity index (χ3n) is 2.57. The van der Waals surface area contributed by atoms with E-state index in [1.54, 1.807) is 6.20 Å². The number of nitrogens with zero attached hydrogens (tertiary/aromatic N) is 1. The molecule has 0 aromatic carbocycles. The molecule has 0 fully saturated rings. The lowest BCUT2D eigenvalue weighted by molar-refractivity contribution is -0.120. The zero-order valence-electron chi connectivity index (χ0n) is 10.4. The van der Waals surface area contributed by atoms with Gasteiger partial charge < -0.3 is 10.1 Å². The molecule has 0 spiro atoms. The van der Waals surface area contributed by atoms with Gasteiger partial charge in [-0.15, -0.1) is 0 Å². The van der Waals surface area contributed by atoms with Crippen LogP contribution in [-0.2, 0) is 9.53 Å². The van der Waals surface area contributed by atoms with E-state index >= 15 is 0 Å². The largest absolute Gasteiger partial charge is 0.453 e. The monoisotopic (exact) mass is 238 g/mol. The third-order valence-corrected chi connectivity index (χ3v) is 2.57. The summed E-state index contributed by atoms with van der Waals surface area (Å²) in [5.41, 5.74) is 0.840. The maximum atomic E-state index is 12.0. The molecule has 94 valence electrons. The molecule has 1 atom stereocenters. The van der Waals surface area contributed by atoms with Gasteiger partial charge in [0.05, 0.1) is 13.2 Å². The quantitative estimate of drug-likeness (QED) is 0.792. The number of hydrogen-bond donors (Lipinski definition) is 1. The van der Waals surface area contributed by atoms with Gasteiger partial charge in [-0.3, -0.25) is 9.79 Å². The molecule has 0 bridgehead atoms. The fraction of sp³-hybridized carbons (Fsp3) is 0.583. The van der Waals surface area contributed by atoms with Crippen molar-refractivity contribution in [2.75, 3.05) is 7.11 Å². The Kier molecular flexibility index (Phi) is 4.87. The van der Waals surface area contributed by atoms with E-state index < -0.39 is 12.1 Å². The van der Waals surface area contributed by atoms with Crippen LogP contribution in [-0.4, -0.2) is 30.7 Å². The Morgan fingerprint density at radius 1 is 1.53 bits per heavy atom. The fourth-order valence-electron chi connectivity index (χ4n) is 1.63. The van der Waals surface area contributed by atoms with E-state index in [2.05, 4.69) is 15.0 Å². The van der Waals surface area contributed by atoms with Gasteiger partial charge >= 0.3 is 6.09 Å². The number of alkyl carbamates (subject to hydrolysis) is 1. The highest BCUT2D eigenvalue weighted by molar-refractivity contribution is 6.06. The number of allylic oxidation sites excluding steroid dienone is 1. The lowest BCUT2D eigenvalue weighted by Gasteiger charge is -2.20. The Morgan fingerprint density at radius 3 is 2.71 bits per heavy atom. The molecule has 1 heterocycles. The van der Waals surface area contributed by atoms with Crippen LogP contribution in [0.25, 0.3) is 0 Å². The summed E-state index contributed by atoms with van der Waals surface area (Å²) in [4.78, 5) is 27.2. The molecule has 1 aliphatic heterocycles. The molecule has 1 N–H and O–H groups in total. The summed E-state index contributed by atoms with van der Waals surface area (Å²) >= 11 is 0. The molecule has 1 rings (SSSR count). The molecule has 1 unspecified atom stereocenters. The molecule has 5 nitrogen and oxygen atoms in total. The summed E-state index contributed by atoms with van der Waals surface area (Å²) in [6, 6.07) is -0.522. The number of nitrogens with one attached hydrogen (secondary N) is 1. The minimum Gasteiger partial charge on any atom is -0.453 e. The maximum Gasteiger partial charge on any atom is 0.407 e. The van der Waals surface area contributed by atoms with Crippen molar-refractivity contribution in [3.05, 3.63) is 12.3 Å². The molecular weight excluding hydrogens is 220 g/mol. The fourth-order valence-corrected chi connectivity index (χ4v) is 1.63. The Bertz CT molecular complexity index is 359. The van der Waals surface area contributed by atoms with Gasteiger partial charge in [0.25, 0.3) is 0 Å². The van der Waals surface area contributed by atoms with Crippen LogP contribution in [0.1, 0.15) is 26.7 Å². The normalized spacial score (nSPS) is 15.6. The smallest absolute Gasteiger partial charge is 0.407 e. The number of amides is 1. The molecule has 0 aromatic heterocycles. The Hall–Kier alpha value is -1.65. The van der Waals surface area contributed by atoms with Crippen molar-refractivity contribution in [1.82, 2.24) is 5.32 Å². The Balaban J connectivity index is 2.57. The number of carbonyl (C=O) groups is 2. The number of ketones is 1. The highest BCUT2D eigenvalue weighted by atomic mass is 16.5. The summed E-state index contributed by atoms with van der Waals surface area (Å²) < 4.78 is 4.51. The number of Topliss-reactive ketones (excluding diaryl/α,β-unsaturated/α-hetero) is 1. The van der Waals surface area contributed by atoms with Crippen LogP contribution < -0.4 is 5.32 Å². The predicted molar refractivity (Wildman–Crippen MR) is 65.0 cm³/mol. The highest BCUT2D eigenvalue weighted by Gasteiger charge is 2.25. The van der Waals surface area contributed by atoms with E-state index in [0.717, 1.165) is 12.1 Å². The molecule has 5 heteroatoms. The molecule has 17 heavy (non-hydrogen) atoms. The molecule has 0 radical (unpaired) electrons. The van der Waals surface area contributed by atoms with E-state index in [4.69, 9.17) is 0 Å². The average molecular weight is 238 g/mol. The Labute approximate surface area is 101 Å². The average Bonchev–Trinajstić information content (AvgIpc) is 2.77. The van der Waals surface area contributed by atoms with Crippen LogP contribution >= 0.6 is 0 Å². The first-order chi connectivity index (χ1) is 8.04. The van der Waals surface area contributed by atoms with E-state index in [1.807, 2.05) is 19.9 Å². The van der Waals surface area contributed by atoms with Gasteiger partial charge in [-0.05, 0) is 5.92 Å². The predicted octanol–water partition coefficient (Wildman–Crippen LogP) is 1.68. The second-order valence-corrected chi connectivity index (χ2v) is 4.28. The van der Waals surface area contributed by atoms with Gasteiger partial charge in [0, 0.05) is 24.8 Å². The van der Waals surface area contributed by atoms with Crippen molar-refractivity contribution in [1.29, 1.82) is 0 Å². The summed E-state index contributed by atoms with van der Waals surface area (Å²) in [6.45, 7) is 3.76. The summed E-state index contributed by atoms with van der Waals surface area (Å²) in [7, 11) is 1.28. The zero-order valence-corrected chi connectivity index (χ0v) is 10.4. The second kappa shape index (κ2) is 6.18. The number of hydrogen-bond acceptors (Lipinski definition) is 4. The van der Waals surface area contributed by atoms with E-state index in [0.29, 0.717) is 0 Å². The van der Waals surface area contributed by atoms with Crippen LogP contribution in [0.5, 0.6) is 0 Å². The van der Waals surface area contributed by atoms with Gasteiger partial charge in [-0.2, -0.15) is 0 Å². The standard InChI is InChI=1S/C12H18N2O3/c1-8(2)11(14-12(16)17-3)10(15)7-9-5-4-6-13-9/h4,6,8,11H,5,7H2,1-3H3,(H,14,16). The van der Waals surface area contributed by atoms with Gasteiger partial charge in [-0.1, -0.05) is 19.9 Å². The zero-order chi connectivity index (χ0) is 12.8. The van der Waals surface area contributed by atoms with Crippen molar-refractivity contribution < 1.29 is 14.3 Å². The molecule has 1 amide bonds. The topological polar surface area (TPSA) is 67.8 Å². The summed E-state index contributed by atoms with van der Waals surface area (Å²) in [5, 5.41) is 2.55. The van der Waals surface area contributed by atoms with Crippen molar-refractivity contribution in [2.24, 2.45) is 10.9 Å². The van der Waals surface area contributed by atoms with Crippen LogP contribution in [0.2, 0.25) is 0 Å². The lowest BCUT2D eigenvalue weighted by atomic mass is 9.96. The van der Waals surface area contributed by atoms with Crippen molar-refractivity contribution >= 4 is 17.6 Å². The Morgan fingerprint density at radius 2 is 2.24 bits per heavy atom. The number of carbonyl (C=O) groups excluding carboxylic acids is 2. The SMILES string of the molecule is COC(=O)NC(C(=O)CC1=NC=CC1)C(C)C. The number of methoxy groups -OCH3 is 1. The minimum absolute atomic E-state index is 0.0246. The first-order valence-corrected chi connectivity index (χ1v) is 5.62. The van der Waals surface area contributed by atoms with Crippen LogP contribution in [0.4, 0.5) is 4.79 Å². The highest BCUT2D eigenvalue weighted by Crippen LogP contribution is 2.10. The van der Waals surface area contributed by atoms with Crippen LogP contribution in [0.15, 0.2) is 17.3 Å². The molecular formula is C12H18N2O3. The molecule has 0 saturated heterocycles. The van der Waals surface area contributed by atoms with Crippen molar-refractivity contribution in [3.8, 4) is 0 Å². The first kappa shape index (κ1) is 13.4. The lowest BCUT2D eigenvalue weighted by Crippen LogP contribution is -2.44. The number of rotatable bonds is 5. The van der Waals surface area contributed by atoms with Gasteiger partial charge in [0.2, 0.25) is 0 Å². The summed E-state index contributed by atoms with van der Waals surface area (Å²) in [5.74, 6) is -0.00980. The minimum atomic E-state index is -0.580. The van der Waals surface area contributed by atoms with E-state index in [9.17, 15) is 9.59 Å². The van der Waals surface area contributed by atoms with E-state index in [1.165, 1.54) is 7.11 Å². The van der Waals surface area contributed by atoms with Gasteiger partial charge in [0.15, 0.2) is 5.78 Å². The van der Waals surface area contributed by atoms with Gasteiger partial charge in [0.1, 0.15) is 0 Å². The molecule has 0 aliphatic carbocycles. The summed E-state index contributed by atoms with van der Waals surface area (Å²) in [6.07, 6.45) is 4.01. The van der Waals surface area contributed by atoms with E-state index in [-0.39, 0.29) is 18.1 Å². The maximum absolute atomic E-state index is 12.0. The number of ether oxygens (including phenoxy) is 1. The third kappa shape index (κ3) is 4.01. The molecule has 0 aromatic rings. The van der Waals surface area contributed by atoms with Crippen molar-refractivity contribution in [2.45, 2.75) is 32.7 Å². The van der Waals surface area contributed by atoms with Gasteiger partial charge in [-0.25, -0.2) is 4.79 Å². The van der Waals surface area contributed by atoms with Crippen molar-refractivity contribution in [3.63, 3.8) is 0 Å². The second-order valence-electron chi connectivity index (χ2n) is 4.28. The van der Waals surface area contributed by atoms with Crippen LogP contribution in [0.3, 0.4) is 0 Å². The number of aliphatic imine (C=N–C) groups is 1.